The zero-order valence-electron chi connectivity index (χ0n) is 16.5. The predicted octanol–water partition coefficient (Wildman–Crippen LogP) is 4.36. The summed E-state index contributed by atoms with van der Waals surface area (Å²) in [5.74, 6) is -1.86. The molecule has 0 spiro atoms. The average Bonchev–Trinajstić information content (AvgIpc) is 2.60. The minimum atomic E-state index is -4.50. The van der Waals surface area contributed by atoms with Crippen molar-refractivity contribution in [1.82, 2.24) is 5.32 Å². The summed E-state index contributed by atoms with van der Waals surface area (Å²) in [7, 11) is 0. The lowest BCUT2D eigenvalue weighted by Gasteiger charge is -2.20. The van der Waals surface area contributed by atoms with Gasteiger partial charge in [0.1, 0.15) is 6.04 Å². The Labute approximate surface area is 167 Å². The fraction of sp³-hybridized carbons (Fsp3) is 0.364. The van der Waals surface area contributed by atoms with E-state index >= 15 is 0 Å². The van der Waals surface area contributed by atoms with E-state index < -0.39 is 29.7 Å². The lowest BCUT2D eigenvalue weighted by atomic mass is 9.86. The second-order valence-corrected chi connectivity index (χ2v) is 7.98. The van der Waals surface area contributed by atoms with Crippen molar-refractivity contribution >= 4 is 11.9 Å². The molecule has 2 aromatic carbocycles. The molecular formula is C22H24F3NO3. The molecule has 0 aliphatic heterocycles. The van der Waals surface area contributed by atoms with Crippen LogP contribution in [-0.4, -0.2) is 23.0 Å². The first kappa shape index (κ1) is 22.5. The lowest BCUT2D eigenvalue weighted by Crippen LogP contribution is -2.43. The third-order valence-corrected chi connectivity index (χ3v) is 4.51. The summed E-state index contributed by atoms with van der Waals surface area (Å²) in [6.45, 7) is 6.20. The molecule has 0 heterocycles. The van der Waals surface area contributed by atoms with Gasteiger partial charge in [0, 0.05) is 6.42 Å². The van der Waals surface area contributed by atoms with Crippen LogP contribution in [0.3, 0.4) is 0 Å². The molecular weight excluding hydrogens is 383 g/mol. The highest BCUT2D eigenvalue weighted by Crippen LogP contribution is 2.29. The number of carbonyl (C=O) groups excluding carboxylic acids is 1. The fourth-order valence-electron chi connectivity index (χ4n) is 2.86. The molecule has 0 saturated heterocycles. The number of aliphatic carboxylic acids is 1. The van der Waals surface area contributed by atoms with Gasteiger partial charge >= 0.3 is 12.1 Å². The Kier molecular flexibility index (Phi) is 6.72. The van der Waals surface area contributed by atoms with E-state index in [1.54, 1.807) is 0 Å². The Balaban J connectivity index is 2.05. The van der Waals surface area contributed by atoms with Crippen LogP contribution in [-0.2, 0) is 34.0 Å². The zero-order valence-corrected chi connectivity index (χ0v) is 16.5. The zero-order chi connectivity index (χ0) is 21.8. The van der Waals surface area contributed by atoms with Crippen molar-refractivity contribution in [2.75, 3.05) is 0 Å². The van der Waals surface area contributed by atoms with Crippen LogP contribution in [0.25, 0.3) is 0 Å². The first-order chi connectivity index (χ1) is 13.4. The van der Waals surface area contributed by atoms with Crippen molar-refractivity contribution in [3.8, 4) is 0 Å². The van der Waals surface area contributed by atoms with Crippen LogP contribution in [0.1, 0.15) is 43.0 Å². The standard InChI is InChI=1S/C22H24F3NO3/c1-21(2,3)16-9-7-14(8-10-16)12-18(20(28)29)26-19(27)13-15-5-4-6-17(11-15)22(23,24)25/h4-11,18H,12-13H2,1-3H3,(H,26,27)(H,28,29)/t18-/m0/s1. The summed E-state index contributed by atoms with van der Waals surface area (Å²) in [6.07, 6.45) is -4.76. The Morgan fingerprint density at radius 2 is 1.59 bits per heavy atom. The number of carboxylic acid groups (broad SMARTS) is 1. The third kappa shape index (κ3) is 6.62. The maximum absolute atomic E-state index is 12.8. The van der Waals surface area contributed by atoms with Gasteiger partial charge in [0.2, 0.25) is 5.91 Å². The molecule has 0 aromatic heterocycles. The second kappa shape index (κ2) is 8.68. The summed E-state index contributed by atoms with van der Waals surface area (Å²) < 4.78 is 38.4. The van der Waals surface area contributed by atoms with Crippen molar-refractivity contribution in [2.24, 2.45) is 0 Å². The monoisotopic (exact) mass is 407 g/mol. The van der Waals surface area contributed by atoms with Gasteiger partial charge in [-0.05, 0) is 28.2 Å². The van der Waals surface area contributed by atoms with Gasteiger partial charge in [-0.3, -0.25) is 4.79 Å². The molecule has 0 saturated carbocycles. The summed E-state index contributed by atoms with van der Waals surface area (Å²) in [6, 6.07) is 10.7. The molecule has 0 aliphatic carbocycles. The highest BCUT2D eigenvalue weighted by Gasteiger charge is 2.30. The van der Waals surface area contributed by atoms with E-state index in [2.05, 4.69) is 26.1 Å². The maximum Gasteiger partial charge on any atom is 0.416 e. The molecule has 0 aliphatic rings. The van der Waals surface area contributed by atoms with Gasteiger partial charge < -0.3 is 10.4 Å². The average molecular weight is 407 g/mol. The van der Waals surface area contributed by atoms with Gasteiger partial charge in [-0.15, -0.1) is 0 Å². The second-order valence-electron chi connectivity index (χ2n) is 7.98. The van der Waals surface area contributed by atoms with Crippen LogP contribution in [0.5, 0.6) is 0 Å². The molecule has 29 heavy (non-hydrogen) atoms. The van der Waals surface area contributed by atoms with E-state index in [4.69, 9.17) is 0 Å². The summed E-state index contributed by atoms with van der Waals surface area (Å²) in [5.41, 5.74) is 1.11. The van der Waals surface area contributed by atoms with Crippen molar-refractivity contribution in [2.45, 2.75) is 51.2 Å². The smallest absolute Gasteiger partial charge is 0.416 e. The third-order valence-electron chi connectivity index (χ3n) is 4.51. The molecule has 4 nitrogen and oxygen atoms in total. The highest BCUT2D eigenvalue weighted by molar-refractivity contribution is 5.85. The lowest BCUT2D eigenvalue weighted by molar-refractivity contribution is -0.141. The maximum atomic E-state index is 12.8. The molecule has 0 unspecified atom stereocenters. The molecule has 2 N–H and O–H groups in total. The van der Waals surface area contributed by atoms with E-state index in [1.165, 1.54) is 12.1 Å². The molecule has 1 amide bonds. The number of carboxylic acids is 1. The number of hydrogen-bond donors (Lipinski definition) is 2. The number of nitrogens with one attached hydrogen (secondary N) is 1. The van der Waals surface area contributed by atoms with Gasteiger partial charge in [0.25, 0.3) is 0 Å². The first-order valence-electron chi connectivity index (χ1n) is 9.14. The van der Waals surface area contributed by atoms with Crippen molar-refractivity contribution < 1.29 is 27.9 Å². The molecule has 2 aromatic rings. The number of hydrogen-bond acceptors (Lipinski definition) is 2. The van der Waals surface area contributed by atoms with E-state index in [-0.39, 0.29) is 23.8 Å². The Hall–Kier alpha value is -2.83. The first-order valence-corrected chi connectivity index (χ1v) is 9.14. The van der Waals surface area contributed by atoms with Gasteiger partial charge in [0.15, 0.2) is 0 Å². The van der Waals surface area contributed by atoms with Crippen LogP contribution >= 0.6 is 0 Å². The van der Waals surface area contributed by atoms with Crippen molar-refractivity contribution in [3.63, 3.8) is 0 Å². The Bertz CT molecular complexity index is 868. The van der Waals surface area contributed by atoms with Gasteiger partial charge in [0.05, 0.1) is 12.0 Å². The fourth-order valence-corrected chi connectivity index (χ4v) is 2.86. The van der Waals surface area contributed by atoms with Crippen LogP contribution < -0.4 is 5.32 Å². The van der Waals surface area contributed by atoms with Crippen molar-refractivity contribution in [3.05, 3.63) is 70.8 Å². The van der Waals surface area contributed by atoms with E-state index in [1.807, 2.05) is 24.3 Å². The van der Waals surface area contributed by atoms with Crippen LogP contribution in [0, 0.1) is 0 Å². The number of alkyl halides is 3. The minimum absolute atomic E-state index is 0.0378. The number of halogens is 3. The quantitative estimate of drug-likeness (QED) is 0.748. The largest absolute Gasteiger partial charge is 0.480 e. The van der Waals surface area contributed by atoms with Gasteiger partial charge in [-0.1, -0.05) is 63.2 Å². The normalized spacial score (nSPS) is 13.0. The number of amides is 1. The molecule has 0 bridgehead atoms. The van der Waals surface area contributed by atoms with E-state index in [0.717, 1.165) is 23.3 Å². The number of carbonyl (C=O) groups is 2. The highest BCUT2D eigenvalue weighted by atomic mass is 19.4. The molecule has 0 radical (unpaired) electrons. The number of rotatable bonds is 6. The summed E-state index contributed by atoms with van der Waals surface area (Å²) >= 11 is 0. The Morgan fingerprint density at radius 1 is 0.966 bits per heavy atom. The van der Waals surface area contributed by atoms with E-state index in [0.29, 0.717) is 0 Å². The van der Waals surface area contributed by atoms with Gasteiger partial charge in [-0.2, -0.15) is 13.2 Å². The van der Waals surface area contributed by atoms with Crippen LogP contribution in [0.15, 0.2) is 48.5 Å². The van der Waals surface area contributed by atoms with Gasteiger partial charge in [-0.25, -0.2) is 4.79 Å². The number of benzene rings is 2. The Morgan fingerprint density at radius 3 is 2.10 bits per heavy atom. The van der Waals surface area contributed by atoms with Crippen LogP contribution in [0.4, 0.5) is 13.2 Å². The van der Waals surface area contributed by atoms with E-state index in [9.17, 15) is 27.9 Å². The predicted molar refractivity (Wildman–Crippen MR) is 104 cm³/mol. The van der Waals surface area contributed by atoms with Crippen molar-refractivity contribution in [1.29, 1.82) is 0 Å². The molecule has 2 rings (SSSR count). The summed E-state index contributed by atoms with van der Waals surface area (Å²) in [4.78, 5) is 23.7. The molecule has 156 valence electrons. The SMILES string of the molecule is CC(C)(C)c1ccc(C[C@H](NC(=O)Cc2cccc(C(F)(F)F)c2)C(=O)O)cc1. The molecule has 1 atom stereocenters. The topological polar surface area (TPSA) is 66.4 Å². The van der Waals surface area contributed by atoms with Crippen LogP contribution in [0.2, 0.25) is 0 Å². The molecule has 7 heteroatoms. The minimum Gasteiger partial charge on any atom is -0.480 e. The molecule has 0 fully saturated rings. The summed E-state index contributed by atoms with van der Waals surface area (Å²) in [5, 5.41) is 11.8.